The molecule has 5 aromatic rings. The Labute approximate surface area is 293 Å². The van der Waals surface area contributed by atoms with Crippen molar-refractivity contribution in [1.82, 2.24) is 15.5 Å². The minimum Gasteiger partial charge on any atom is -0.497 e. The van der Waals surface area contributed by atoms with Crippen molar-refractivity contribution in [2.75, 3.05) is 33.9 Å². The standard InChI is InChI=1S/C39H36FN3O8/c1-22-29-11-10-26(47-2)17-35(29)51-37(22)39(46)43-14-13-33-32(20-43)42-38(45)30-16-24(8-12-31(30)40)23-5-4-6-27(15-23)49-21-36(44)41-19-25-7-9-28(50-33)18-34(25)48-3/h4-12,15-18,32-33H,13-14,19-21H2,1-3H3,(H,41,44)(H,42,45)/t32-,33+/m1/s1. The number of ether oxygens (including phenoxy) is 4. The van der Waals surface area contributed by atoms with Crippen LogP contribution < -0.4 is 29.6 Å². The molecule has 1 fully saturated rings. The number of carbonyl (C=O) groups excluding carboxylic acids is 3. The number of methoxy groups -OCH3 is 2. The molecule has 2 atom stereocenters. The van der Waals surface area contributed by atoms with E-state index in [1.54, 1.807) is 72.7 Å². The number of benzene rings is 4. The maximum absolute atomic E-state index is 15.3. The van der Waals surface area contributed by atoms with Gasteiger partial charge in [-0.3, -0.25) is 14.4 Å². The largest absolute Gasteiger partial charge is 0.497 e. The lowest BCUT2D eigenvalue weighted by molar-refractivity contribution is -0.123. The van der Waals surface area contributed by atoms with Gasteiger partial charge in [0, 0.05) is 54.7 Å². The average Bonchev–Trinajstić information content (AvgIpc) is 3.48. The third-order valence-electron chi connectivity index (χ3n) is 9.26. The van der Waals surface area contributed by atoms with Crippen molar-refractivity contribution < 1.29 is 42.1 Å². The van der Waals surface area contributed by atoms with Gasteiger partial charge in [-0.1, -0.05) is 18.2 Å². The quantitative estimate of drug-likeness (QED) is 0.248. The summed E-state index contributed by atoms with van der Waals surface area (Å²) in [7, 11) is 3.08. The van der Waals surface area contributed by atoms with Crippen molar-refractivity contribution in [2.24, 2.45) is 0 Å². The first-order valence-corrected chi connectivity index (χ1v) is 16.5. The molecule has 1 saturated heterocycles. The van der Waals surface area contributed by atoms with Crippen LogP contribution in [0.4, 0.5) is 4.39 Å². The lowest BCUT2D eigenvalue weighted by Gasteiger charge is -2.38. The summed E-state index contributed by atoms with van der Waals surface area (Å²) in [5.74, 6) is 0.111. The van der Waals surface area contributed by atoms with Crippen molar-refractivity contribution >= 4 is 28.7 Å². The molecule has 2 N–H and O–H groups in total. The van der Waals surface area contributed by atoms with Crippen LogP contribution in [0.15, 0.2) is 83.3 Å². The van der Waals surface area contributed by atoms with Gasteiger partial charge in [0.2, 0.25) is 0 Å². The van der Waals surface area contributed by atoms with E-state index in [1.807, 2.05) is 13.0 Å². The number of hydrogen-bond donors (Lipinski definition) is 2. The molecule has 0 aliphatic carbocycles. The second kappa shape index (κ2) is 14.1. The van der Waals surface area contributed by atoms with Gasteiger partial charge in [0.1, 0.15) is 40.5 Å². The van der Waals surface area contributed by atoms with E-state index in [2.05, 4.69) is 10.6 Å². The fourth-order valence-corrected chi connectivity index (χ4v) is 6.48. The number of nitrogens with zero attached hydrogens (tertiary/aromatic N) is 1. The van der Waals surface area contributed by atoms with Crippen LogP contribution in [0, 0.1) is 12.7 Å². The predicted octanol–water partition coefficient (Wildman–Crippen LogP) is 5.67. The number of halogens is 1. The molecule has 0 spiro atoms. The molecule has 3 amide bonds. The van der Waals surface area contributed by atoms with Crippen molar-refractivity contribution in [1.29, 1.82) is 0 Å². The van der Waals surface area contributed by atoms with Crippen LogP contribution in [0.25, 0.3) is 22.1 Å². The highest BCUT2D eigenvalue weighted by atomic mass is 19.1. The molecule has 262 valence electrons. The van der Waals surface area contributed by atoms with E-state index in [4.69, 9.17) is 23.4 Å². The number of nitrogens with one attached hydrogen (secondary N) is 2. The fourth-order valence-electron chi connectivity index (χ4n) is 6.48. The van der Waals surface area contributed by atoms with E-state index >= 15 is 4.39 Å². The molecule has 1 aromatic heterocycles. The van der Waals surface area contributed by atoms with Crippen LogP contribution in [-0.2, 0) is 11.3 Å². The number of aryl methyl sites for hydroxylation is 1. The van der Waals surface area contributed by atoms with Crippen LogP contribution >= 0.6 is 0 Å². The van der Waals surface area contributed by atoms with E-state index in [9.17, 15) is 14.4 Å². The summed E-state index contributed by atoms with van der Waals surface area (Å²) >= 11 is 0. The van der Waals surface area contributed by atoms with E-state index < -0.39 is 23.9 Å². The molecule has 0 saturated carbocycles. The van der Waals surface area contributed by atoms with Gasteiger partial charge >= 0.3 is 0 Å². The molecular formula is C39H36FN3O8. The van der Waals surface area contributed by atoms with Gasteiger partial charge in [0.25, 0.3) is 17.7 Å². The first kappa shape index (κ1) is 33.5. The normalized spacial score (nSPS) is 17.8. The number of likely N-dealkylation sites (tertiary alicyclic amines) is 1. The van der Waals surface area contributed by atoms with Gasteiger partial charge in [-0.05, 0) is 66.6 Å². The van der Waals surface area contributed by atoms with Gasteiger partial charge in [0.05, 0.1) is 25.8 Å². The van der Waals surface area contributed by atoms with Crippen molar-refractivity contribution in [3.8, 4) is 34.1 Å². The molecule has 3 aliphatic rings. The smallest absolute Gasteiger partial charge is 0.289 e. The fraction of sp³-hybridized carbons (Fsp3) is 0.256. The molecule has 4 heterocycles. The zero-order valence-corrected chi connectivity index (χ0v) is 28.3. The van der Waals surface area contributed by atoms with Crippen LogP contribution in [0.2, 0.25) is 0 Å². The minimum atomic E-state index is -0.740. The highest BCUT2D eigenvalue weighted by molar-refractivity contribution is 5.99. The van der Waals surface area contributed by atoms with Crippen molar-refractivity contribution in [3.05, 3.63) is 107 Å². The van der Waals surface area contributed by atoms with Gasteiger partial charge in [-0.25, -0.2) is 4.39 Å². The highest BCUT2D eigenvalue weighted by Crippen LogP contribution is 2.32. The lowest BCUT2D eigenvalue weighted by atomic mass is 9.99. The van der Waals surface area contributed by atoms with Crippen LogP contribution in [0.3, 0.4) is 0 Å². The molecule has 8 rings (SSSR count). The number of amides is 3. The van der Waals surface area contributed by atoms with Crippen molar-refractivity contribution in [3.63, 3.8) is 0 Å². The third kappa shape index (κ3) is 6.89. The maximum Gasteiger partial charge on any atom is 0.289 e. The monoisotopic (exact) mass is 693 g/mol. The second-order valence-electron chi connectivity index (χ2n) is 12.5. The first-order chi connectivity index (χ1) is 24.7. The molecule has 4 aromatic carbocycles. The van der Waals surface area contributed by atoms with Crippen LogP contribution in [0.1, 0.15) is 38.5 Å². The Hall–Kier alpha value is -6.04. The Morgan fingerprint density at radius 1 is 0.941 bits per heavy atom. The lowest BCUT2D eigenvalue weighted by Crippen LogP contribution is -2.58. The third-order valence-corrected chi connectivity index (χ3v) is 9.26. The molecule has 0 radical (unpaired) electrons. The molecule has 3 aliphatic heterocycles. The summed E-state index contributed by atoms with van der Waals surface area (Å²) in [6, 6.07) is 21.1. The molecule has 6 bridgehead atoms. The van der Waals surface area contributed by atoms with Gasteiger partial charge < -0.3 is 38.9 Å². The van der Waals surface area contributed by atoms with E-state index in [0.29, 0.717) is 63.8 Å². The molecule has 12 heteroatoms. The summed E-state index contributed by atoms with van der Waals surface area (Å²) in [6.07, 6.45) is -0.251. The molecular weight excluding hydrogens is 657 g/mol. The number of furan rings is 1. The zero-order chi connectivity index (χ0) is 35.6. The van der Waals surface area contributed by atoms with E-state index in [-0.39, 0.29) is 42.8 Å². The van der Waals surface area contributed by atoms with E-state index in [1.165, 1.54) is 19.2 Å². The SMILES string of the molecule is COc1ccc2c(C)c(C(=O)N3CC[C@@H]4Oc5ccc(c(OC)c5)CNC(=O)COc5cccc(c5)-c5ccc(F)c(c5)C(=O)N[C@@H]4C3)oc2c1. The molecule has 11 nitrogen and oxygen atoms in total. The number of fused-ring (bicyclic) bond motifs is 8. The van der Waals surface area contributed by atoms with Crippen molar-refractivity contribution in [2.45, 2.75) is 32.0 Å². The summed E-state index contributed by atoms with van der Waals surface area (Å²) < 4.78 is 44.5. The maximum atomic E-state index is 15.3. The second-order valence-corrected chi connectivity index (χ2v) is 12.5. The predicted molar refractivity (Wildman–Crippen MR) is 186 cm³/mol. The van der Waals surface area contributed by atoms with Gasteiger partial charge in [0.15, 0.2) is 12.4 Å². The summed E-state index contributed by atoms with van der Waals surface area (Å²) in [6.45, 7) is 2.16. The van der Waals surface area contributed by atoms with E-state index in [0.717, 1.165) is 5.39 Å². The molecule has 0 unspecified atom stereocenters. The number of piperidine rings is 1. The Morgan fingerprint density at radius 2 is 1.78 bits per heavy atom. The number of rotatable bonds is 3. The minimum absolute atomic E-state index is 0.0665. The average molecular weight is 694 g/mol. The topological polar surface area (TPSA) is 129 Å². The Morgan fingerprint density at radius 3 is 2.61 bits per heavy atom. The zero-order valence-electron chi connectivity index (χ0n) is 28.3. The van der Waals surface area contributed by atoms with Crippen LogP contribution in [-0.4, -0.2) is 68.7 Å². The summed E-state index contributed by atoms with van der Waals surface area (Å²) in [5.41, 5.74) is 2.98. The first-order valence-electron chi connectivity index (χ1n) is 16.5. The number of carbonyl (C=O) groups is 3. The molecule has 51 heavy (non-hydrogen) atoms. The van der Waals surface area contributed by atoms with Crippen LogP contribution in [0.5, 0.6) is 23.0 Å². The summed E-state index contributed by atoms with van der Waals surface area (Å²) in [5, 5.41) is 6.60. The van der Waals surface area contributed by atoms with Gasteiger partial charge in [-0.2, -0.15) is 0 Å². The van der Waals surface area contributed by atoms with Gasteiger partial charge in [-0.15, -0.1) is 0 Å². The summed E-state index contributed by atoms with van der Waals surface area (Å²) in [4.78, 5) is 42.1. The Bertz CT molecular complexity index is 2150. The Balaban J connectivity index is 1.23. The number of hydrogen-bond acceptors (Lipinski definition) is 8. The highest BCUT2D eigenvalue weighted by Gasteiger charge is 2.37. The Kier molecular flexibility index (Phi) is 9.22.